The lowest BCUT2D eigenvalue weighted by Crippen LogP contribution is -2.33. The molecule has 1 aromatic rings. The fourth-order valence-corrected chi connectivity index (χ4v) is 2.55. The van der Waals surface area contributed by atoms with E-state index in [1.165, 1.54) is 31.4 Å². The van der Waals surface area contributed by atoms with Gasteiger partial charge in [0.15, 0.2) is 0 Å². The molecule has 0 radical (unpaired) electrons. The van der Waals surface area contributed by atoms with Crippen LogP contribution >= 0.6 is 0 Å². The molecule has 1 aromatic carbocycles. The normalized spacial score (nSPS) is 17.7. The first-order valence-corrected chi connectivity index (χ1v) is 6.89. The highest BCUT2D eigenvalue weighted by atomic mass is 19.3. The van der Waals surface area contributed by atoms with Gasteiger partial charge in [0, 0.05) is 6.04 Å². The molecule has 1 atom stereocenters. The van der Waals surface area contributed by atoms with E-state index in [4.69, 9.17) is 0 Å². The van der Waals surface area contributed by atoms with E-state index in [1.54, 1.807) is 12.1 Å². The van der Waals surface area contributed by atoms with Gasteiger partial charge in [-0.2, -0.15) is 14.0 Å². The summed E-state index contributed by atoms with van der Waals surface area (Å²) >= 11 is 0. The van der Waals surface area contributed by atoms with Crippen LogP contribution in [0.15, 0.2) is 24.3 Å². The number of hydrogen-bond donors (Lipinski definition) is 1. The highest BCUT2D eigenvalue weighted by Gasteiger charge is 2.19. The zero-order valence-electron chi connectivity index (χ0n) is 11.2. The molecule has 3 nitrogen and oxygen atoms in total. The topological polar surface area (TPSA) is 45.0 Å². The molecule has 1 unspecified atom stereocenters. The quantitative estimate of drug-likeness (QED) is 0.892. The molecule has 108 valence electrons. The minimum absolute atomic E-state index is 0.109. The third-order valence-electron chi connectivity index (χ3n) is 3.58. The summed E-state index contributed by atoms with van der Waals surface area (Å²) in [6.45, 7) is -2.83. The second-order valence-electron chi connectivity index (χ2n) is 5.01. The molecule has 0 bridgehead atoms. The van der Waals surface area contributed by atoms with E-state index < -0.39 is 12.7 Å². The number of nitrogens with zero attached hydrogens (tertiary/aromatic N) is 1. The van der Waals surface area contributed by atoms with Crippen LogP contribution in [0, 0.1) is 11.3 Å². The van der Waals surface area contributed by atoms with Crippen molar-refractivity contribution in [3.63, 3.8) is 0 Å². The van der Waals surface area contributed by atoms with E-state index in [1.807, 2.05) is 0 Å². The van der Waals surface area contributed by atoms with Gasteiger partial charge in [-0.15, -0.1) is 0 Å². The third-order valence-corrected chi connectivity index (χ3v) is 3.58. The maximum atomic E-state index is 12.1. The predicted molar refractivity (Wildman–Crippen MR) is 71.4 cm³/mol. The van der Waals surface area contributed by atoms with Gasteiger partial charge in [-0.3, -0.25) is 5.32 Å². The summed E-state index contributed by atoms with van der Waals surface area (Å²) in [5.74, 6) is 0.109. The van der Waals surface area contributed by atoms with Crippen LogP contribution in [0.3, 0.4) is 0 Å². The lowest BCUT2D eigenvalue weighted by Gasteiger charge is -2.25. The average molecular weight is 280 g/mol. The molecule has 0 heterocycles. The van der Waals surface area contributed by atoms with Gasteiger partial charge < -0.3 is 4.74 Å². The van der Waals surface area contributed by atoms with E-state index >= 15 is 0 Å². The smallest absolute Gasteiger partial charge is 0.387 e. The number of benzene rings is 1. The fourth-order valence-electron chi connectivity index (χ4n) is 2.55. The maximum Gasteiger partial charge on any atom is 0.387 e. The fraction of sp³-hybridized carbons (Fsp3) is 0.533. The molecule has 1 aliphatic rings. The van der Waals surface area contributed by atoms with E-state index in [-0.39, 0.29) is 5.75 Å². The average Bonchev–Trinajstić information content (AvgIpc) is 2.46. The molecule has 2 rings (SSSR count). The number of ether oxygens (including phenoxy) is 1. The first-order valence-electron chi connectivity index (χ1n) is 6.89. The first kappa shape index (κ1) is 14.7. The minimum Gasteiger partial charge on any atom is -0.435 e. The van der Waals surface area contributed by atoms with E-state index in [0.29, 0.717) is 6.04 Å². The van der Waals surface area contributed by atoms with E-state index in [9.17, 15) is 14.0 Å². The monoisotopic (exact) mass is 280 g/mol. The standard InChI is InChI=1S/C15H18F2N2O/c16-15(17)20-13-8-6-11(7-9-13)14(10-18)19-12-4-2-1-3-5-12/h6-9,12,14-15,19H,1-5H2. The first-order chi connectivity index (χ1) is 9.69. The van der Waals surface area contributed by atoms with Crippen molar-refractivity contribution in [1.82, 2.24) is 5.32 Å². The Morgan fingerprint density at radius 1 is 1.15 bits per heavy atom. The molecule has 1 aliphatic carbocycles. The molecular weight excluding hydrogens is 262 g/mol. The lowest BCUT2D eigenvalue weighted by molar-refractivity contribution is -0.0498. The van der Waals surface area contributed by atoms with Gasteiger partial charge in [-0.1, -0.05) is 31.4 Å². The zero-order chi connectivity index (χ0) is 14.4. The molecule has 0 spiro atoms. The summed E-state index contributed by atoms with van der Waals surface area (Å²) < 4.78 is 28.4. The summed E-state index contributed by atoms with van der Waals surface area (Å²) in [7, 11) is 0. The molecule has 0 saturated heterocycles. The van der Waals surface area contributed by atoms with Crippen LogP contribution in [0.1, 0.15) is 43.7 Å². The molecule has 0 aliphatic heterocycles. The van der Waals surface area contributed by atoms with Crippen molar-refractivity contribution in [2.45, 2.75) is 50.8 Å². The third kappa shape index (κ3) is 4.17. The Hall–Kier alpha value is -1.67. The second kappa shape index (κ2) is 7.20. The van der Waals surface area contributed by atoms with Crippen molar-refractivity contribution >= 4 is 0 Å². The van der Waals surface area contributed by atoms with Gasteiger partial charge in [-0.05, 0) is 30.5 Å². The summed E-state index contributed by atoms with van der Waals surface area (Å²) in [6.07, 6.45) is 5.82. The number of nitriles is 1. The Morgan fingerprint density at radius 3 is 2.35 bits per heavy atom. The molecule has 5 heteroatoms. The SMILES string of the molecule is N#CC(NC1CCCCC1)c1ccc(OC(F)F)cc1. The second-order valence-corrected chi connectivity index (χ2v) is 5.01. The van der Waals surface area contributed by atoms with E-state index in [2.05, 4.69) is 16.1 Å². The zero-order valence-corrected chi connectivity index (χ0v) is 11.2. The number of alkyl halides is 2. The Morgan fingerprint density at radius 2 is 1.80 bits per heavy atom. The molecular formula is C15H18F2N2O. The van der Waals surface area contributed by atoms with Crippen LogP contribution in [0.5, 0.6) is 5.75 Å². The van der Waals surface area contributed by atoms with Gasteiger partial charge in [0.05, 0.1) is 6.07 Å². The van der Waals surface area contributed by atoms with Gasteiger partial charge in [0.25, 0.3) is 0 Å². The molecule has 20 heavy (non-hydrogen) atoms. The van der Waals surface area contributed by atoms with Gasteiger partial charge in [0.1, 0.15) is 11.8 Å². The van der Waals surface area contributed by atoms with E-state index in [0.717, 1.165) is 18.4 Å². The van der Waals surface area contributed by atoms with Crippen molar-refractivity contribution in [3.05, 3.63) is 29.8 Å². The highest BCUT2D eigenvalue weighted by Crippen LogP contribution is 2.23. The van der Waals surface area contributed by atoms with Crippen molar-refractivity contribution in [1.29, 1.82) is 5.26 Å². The maximum absolute atomic E-state index is 12.1. The van der Waals surface area contributed by atoms with Crippen molar-refractivity contribution in [2.75, 3.05) is 0 Å². The van der Waals surface area contributed by atoms with Gasteiger partial charge in [-0.25, -0.2) is 0 Å². The van der Waals surface area contributed by atoms with Crippen LogP contribution in [0.25, 0.3) is 0 Å². The molecule has 0 amide bonds. The Balaban J connectivity index is 1.98. The largest absolute Gasteiger partial charge is 0.435 e. The summed E-state index contributed by atoms with van der Waals surface area (Å²) in [6, 6.07) is 8.43. The predicted octanol–water partition coefficient (Wildman–Crippen LogP) is 3.77. The van der Waals surface area contributed by atoms with Crippen LogP contribution in [0.4, 0.5) is 8.78 Å². The lowest BCUT2D eigenvalue weighted by atomic mass is 9.94. The number of rotatable bonds is 5. The van der Waals surface area contributed by atoms with Crippen LogP contribution in [0.2, 0.25) is 0 Å². The van der Waals surface area contributed by atoms with Gasteiger partial charge in [0.2, 0.25) is 0 Å². The Bertz CT molecular complexity index is 450. The minimum atomic E-state index is -2.83. The van der Waals surface area contributed by atoms with Crippen LogP contribution < -0.4 is 10.1 Å². The summed E-state index contributed by atoms with van der Waals surface area (Å²) in [4.78, 5) is 0. The molecule has 1 fully saturated rings. The number of hydrogen-bond acceptors (Lipinski definition) is 3. The number of nitrogens with one attached hydrogen (secondary N) is 1. The Kier molecular flexibility index (Phi) is 5.31. The van der Waals surface area contributed by atoms with Gasteiger partial charge >= 0.3 is 6.61 Å². The van der Waals surface area contributed by atoms with Crippen molar-refractivity contribution < 1.29 is 13.5 Å². The molecule has 1 saturated carbocycles. The molecule has 0 aromatic heterocycles. The van der Waals surface area contributed by atoms with Crippen LogP contribution in [-0.2, 0) is 0 Å². The number of halogens is 2. The Labute approximate surface area is 117 Å². The molecule has 1 N–H and O–H groups in total. The van der Waals surface area contributed by atoms with Crippen molar-refractivity contribution in [2.24, 2.45) is 0 Å². The van der Waals surface area contributed by atoms with Crippen LogP contribution in [-0.4, -0.2) is 12.7 Å². The van der Waals surface area contributed by atoms with Crippen molar-refractivity contribution in [3.8, 4) is 11.8 Å². The summed E-state index contributed by atoms with van der Waals surface area (Å²) in [5.41, 5.74) is 0.777. The highest BCUT2D eigenvalue weighted by molar-refractivity contribution is 5.31. The summed E-state index contributed by atoms with van der Waals surface area (Å²) in [5, 5.41) is 12.6.